The van der Waals surface area contributed by atoms with Crippen LogP contribution in [-0.2, 0) is 14.8 Å². The highest BCUT2D eigenvalue weighted by Crippen LogP contribution is 2.46. The predicted octanol–water partition coefficient (Wildman–Crippen LogP) is 2.69. The predicted molar refractivity (Wildman–Crippen MR) is 118 cm³/mol. The van der Waals surface area contributed by atoms with Gasteiger partial charge in [0, 0.05) is 36.8 Å². The quantitative estimate of drug-likeness (QED) is 0.706. The zero-order chi connectivity index (χ0) is 22.1. The molecule has 1 N–H and O–H groups in total. The molecule has 1 spiro atoms. The van der Waals surface area contributed by atoms with E-state index < -0.39 is 15.6 Å². The van der Waals surface area contributed by atoms with Gasteiger partial charge < -0.3 is 10.2 Å². The smallest absolute Gasteiger partial charge is 0.253 e. The number of amides is 2. The summed E-state index contributed by atoms with van der Waals surface area (Å²) in [7, 11) is -3.68. The molecule has 2 saturated heterocycles. The molecule has 2 amide bonds. The maximum absolute atomic E-state index is 13.5. The highest BCUT2D eigenvalue weighted by Gasteiger charge is 2.51. The van der Waals surface area contributed by atoms with E-state index in [2.05, 4.69) is 11.9 Å². The summed E-state index contributed by atoms with van der Waals surface area (Å²) in [5.74, 6) is -0.248. The lowest BCUT2D eigenvalue weighted by Gasteiger charge is -2.54. The van der Waals surface area contributed by atoms with Gasteiger partial charge in [-0.05, 0) is 81.7 Å². The molecule has 31 heavy (non-hydrogen) atoms. The van der Waals surface area contributed by atoms with Crippen LogP contribution in [0.25, 0.3) is 0 Å². The number of hydrogen-bond donors (Lipinski definition) is 1. The average Bonchev–Trinajstić information content (AvgIpc) is 2.78. The normalized spacial score (nSPS) is 23.7. The molecule has 168 valence electrons. The summed E-state index contributed by atoms with van der Waals surface area (Å²) in [5.41, 5.74) is 0.100. The standard InChI is InChI=1S/C23H31N3O4S/c1-2-21(27)24-19-11-16-26(23(17-19)12-6-13-23)31(29,30)20-9-7-18(8-10-20)22(28)25-14-4-3-5-15-25/h2,7-10,19H,1,3-6,11-17H2,(H,24,27). The molecule has 1 aromatic rings. The molecule has 8 heteroatoms. The maximum atomic E-state index is 13.5. The number of carbonyl (C=O) groups excluding carboxylic acids is 2. The first-order valence-corrected chi connectivity index (χ1v) is 12.6. The van der Waals surface area contributed by atoms with E-state index in [4.69, 9.17) is 0 Å². The Hall–Kier alpha value is -2.19. The molecule has 1 atom stereocenters. The van der Waals surface area contributed by atoms with E-state index in [-0.39, 0.29) is 22.8 Å². The minimum Gasteiger partial charge on any atom is -0.350 e. The van der Waals surface area contributed by atoms with Crippen molar-refractivity contribution in [1.29, 1.82) is 0 Å². The van der Waals surface area contributed by atoms with E-state index in [1.165, 1.54) is 6.08 Å². The third kappa shape index (κ3) is 4.28. The van der Waals surface area contributed by atoms with E-state index in [1.807, 2.05) is 4.90 Å². The van der Waals surface area contributed by atoms with Crippen molar-refractivity contribution in [2.75, 3.05) is 19.6 Å². The van der Waals surface area contributed by atoms with Crippen LogP contribution in [0.2, 0.25) is 0 Å². The van der Waals surface area contributed by atoms with Gasteiger partial charge in [-0.3, -0.25) is 9.59 Å². The molecule has 1 saturated carbocycles. The highest BCUT2D eigenvalue weighted by atomic mass is 32.2. The van der Waals surface area contributed by atoms with Crippen molar-refractivity contribution in [2.45, 2.75) is 67.8 Å². The van der Waals surface area contributed by atoms with Gasteiger partial charge in [0.05, 0.1) is 4.90 Å². The Morgan fingerprint density at radius 3 is 2.29 bits per heavy atom. The van der Waals surface area contributed by atoms with Crippen molar-refractivity contribution < 1.29 is 18.0 Å². The summed E-state index contributed by atoms with van der Waals surface area (Å²) in [6.45, 7) is 5.39. The number of rotatable bonds is 5. The fourth-order valence-electron chi connectivity index (χ4n) is 5.15. The summed E-state index contributed by atoms with van der Waals surface area (Å²) < 4.78 is 28.6. The second kappa shape index (κ2) is 8.74. The van der Waals surface area contributed by atoms with Crippen LogP contribution in [0.4, 0.5) is 0 Å². The Bertz CT molecular complexity index is 948. The van der Waals surface area contributed by atoms with Crippen molar-refractivity contribution in [2.24, 2.45) is 0 Å². The van der Waals surface area contributed by atoms with Crippen molar-refractivity contribution in [3.63, 3.8) is 0 Å². The zero-order valence-electron chi connectivity index (χ0n) is 17.9. The molecule has 7 nitrogen and oxygen atoms in total. The summed E-state index contributed by atoms with van der Waals surface area (Å²) in [6, 6.07) is 6.35. The second-order valence-corrected chi connectivity index (χ2v) is 10.8. The summed E-state index contributed by atoms with van der Waals surface area (Å²) >= 11 is 0. The van der Waals surface area contributed by atoms with E-state index in [1.54, 1.807) is 28.6 Å². The lowest BCUT2D eigenvalue weighted by Crippen LogP contribution is -2.63. The molecule has 2 heterocycles. The monoisotopic (exact) mass is 445 g/mol. The van der Waals surface area contributed by atoms with Gasteiger partial charge in [-0.25, -0.2) is 8.42 Å². The molecule has 2 aliphatic heterocycles. The third-order valence-electron chi connectivity index (χ3n) is 6.98. The van der Waals surface area contributed by atoms with Crippen molar-refractivity contribution >= 4 is 21.8 Å². The Labute approximate surface area is 184 Å². The number of benzene rings is 1. The summed E-state index contributed by atoms with van der Waals surface area (Å²) in [6.07, 6.45) is 8.23. The van der Waals surface area contributed by atoms with Crippen LogP contribution in [0, 0.1) is 0 Å². The number of hydrogen-bond acceptors (Lipinski definition) is 4. The largest absolute Gasteiger partial charge is 0.350 e. The number of nitrogens with zero attached hydrogens (tertiary/aromatic N) is 2. The fourth-order valence-corrected chi connectivity index (χ4v) is 6.99. The first-order valence-electron chi connectivity index (χ1n) is 11.2. The zero-order valence-corrected chi connectivity index (χ0v) is 18.7. The molecule has 1 aliphatic carbocycles. The first kappa shape index (κ1) is 22.0. The summed E-state index contributed by atoms with van der Waals surface area (Å²) in [4.78, 5) is 26.5. The van der Waals surface area contributed by atoms with Gasteiger partial charge in [0.25, 0.3) is 5.91 Å². The highest BCUT2D eigenvalue weighted by molar-refractivity contribution is 7.89. The summed E-state index contributed by atoms with van der Waals surface area (Å²) in [5, 5.41) is 2.93. The Morgan fingerprint density at radius 1 is 1.03 bits per heavy atom. The van der Waals surface area contributed by atoms with Crippen molar-refractivity contribution in [3.8, 4) is 0 Å². The van der Waals surface area contributed by atoms with Crippen LogP contribution < -0.4 is 5.32 Å². The number of likely N-dealkylation sites (tertiary alicyclic amines) is 1. The van der Waals surface area contributed by atoms with E-state index in [0.717, 1.165) is 51.6 Å². The average molecular weight is 446 g/mol. The van der Waals surface area contributed by atoms with Crippen LogP contribution in [0.15, 0.2) is 41.8 Å². The Balaban J connectivity index is 1.50. The van der Waals surface area contributed by atoms with Crippen LogP contribution in [-0.4, -0.2) is 60.7 Å². The molecule has 0 radical (unpaired) electrons. The van der Waals surface area contributed by atoms with Gasteiger partial charge in [-0.2, -0.15) is 4.31 Å². The van der Waals surface area contributed by atoms with Crippen LogP contribution in [0.5, 0.6) is 0 Å². The molecule has 0 aromatic heterocycles. The molecule has 3 aliphatic rings. The molecule has 3 fully saturated rings. The van der Waals surface area contributed by atoms with Gasteiger partial charge in [-0.1, -0.05) is 6.58 Å². The van der Waals surface area contributed by atoms with Gasteiger partial charge in [0.2, 0.25) is 15.9 Å². The molecular weight excluding hydrogens is 414 g/mol. The van der Waals surface area contributed by atoms with E-state index in [9.17, 15) is 18.0 Å². The van der Waals surface area contributed by atoms with E-state index in [0.29, 0.717) is 24.9 Å². The Kier molecular flexibility index (Phi) is 6.21. The van der Waals surface area contributed by atoms with Gasteiger partial charge >= 0.3 is 0 Å². The lowest BCUT2D eigenvalue weighted by atomic mass is 9.70. The molecule has 1 aromatic carbocycles. The van der Waals surface area contributed by atoms with Crippen molar-refractivity contribution in [3.05, 3.63) is 42.5 Å². The third-order valence-corrected chi connectivity index (χ3v) is 9.00. The number of nitrogens with one attached hydrogen (secondary N) is 1. The van der Waals surface area contributed by atoms with Gasteiger partial charge in [0.15, 0.2) is 0 Å². The molecule has 1 unspecified atom stereocenters. The number of carbonyl (C=O) groups is 2. The SMILES string of the molecule is C=CC(=O)NC1CCN(S(=O)(=O)c2ccc(C(=O)N3CCCCC3)cc2)C2(CCC2)C1. The van der Waals surface area contributed by atoms with Crippen molar-refractivity contribution in [1.82, 2.24) is 14.5 Å². The van der Waals surface area contributed by atoms with Crippen LogP contribution in [0.3, 0.4) is 0 Å². The van der Waals surface area contributed by atoms with Crippen LogP contribution in [0.1, 0.15) is 61.7 Å². The number of piperidine rings is 2. The Morgan fingerprint density at radius 2 is 1.71 bits per heavy atom. The molecule has 0 bridgehead atoms. The van der Waals surface area contributed by atoms with Crippen LogP contribution >= 0.6 is 0 Å². The van der Waals surface area contributed by atoms with Gasteiger partial charge in [-0.15, -0.1) is 0 Å². The minimum absolute atomic E-state index is 0.0297. The fraction of sp³-hybridized carbons (Fsp3) is 0.565. The minimum atomic E-state index is -3.68. The van der Waals surface area contributed by atoms with Gasteiger partial charge in [0.1, 0.15) is 0 Å². The maximum Gasteiger partial charge on any atom is 0.253 e. The molecule has 4 rings (SSSR count). The lowest BCUT2D eigenvalue weighted by molar-refractivity contribution is -0.117. The molecular formula is C23H31N3O4S. The topological polar surface area (TPSA) is 86.8 Å². The number of sulfonamides is 1. The first-order chi connectivity index (χ1) is 14.9. The van der Waals surface area contributed by atoms with E-state index >= 15 is 0 Å². The second-order valence-electron chi connectivity index (χ2n) is 8.93.